The smallest absolute Gasteiger partial charge is 0.119 e. The van der Waals surface area contributed by atoms with Crippen molar-refractivity contribution in [3.63, 3.8) is 0 Å². The monoisotopic (exact) mass is 297 g/mol. The molecule has 0 radical (unpaired) electrons. The van der Waals surface area contributed by atoms with Crippen molar-refractivity contribution in [3.05, 3.63) is 29.3 Å². The molecular weight excluding hydrogens is 270 g/mol. The van der Waals surface area contributed by atoms with Gasteiger partial charge in [0.1, 0.15) is 5.75 Å². The number of hydrogen-bond donors (Lipinski definition) is 1. The number of hydrogen-bond acceptors (Lipinski definition) is 2. The second kappa shape index (κ2) is 7.90. The molecule has 2 nitrogen and oxygen atoms in total. The summed E-state index contributed by atoms with van der Waals surface area (Å²) < 4.78 is 0. The molecule has 0 aliphatic heterocycles. The molecule has 2 atom stereocenters. The van der Waals surface area contributed by atoms with Crippen molar-refractivity contribution < 1.29 is 5.11 Å². The predicted molar refractivity (Wildman–Crippen MR) is 88.0 cm³/mol. The van der Waals surface area contributed by atoms with E-state index >= 15 is 0 Å². The summed E-state index contributed by atoms with van der Waals surface area (Å²) >= 11 is 0. The minimum Gasteiger partial charge on any atom is -0.508 e. The van der Waals surface area contributed by atoms with E-state index in [0.29, 0.717) is 17.7 Å². The molecule has 3 heteroatoms. The molecule has 1 aliphatic rings. The highest BCUT2D eigenvalue weighted by molar-refractivity contribution is 5.85. The van der Waals surface area contributed by atoms with E-state index in [9.17, 15) is 5.11 Å². The Labute approximate surface area is 129 Å². The molecule has 2 rings (SSSR count). The first-order valence-corrected chi connectivity index (χ1v) is 7.73. The zero-order valence-electron chi connectivity index (χ0n) is 12.9. The van der Waals surface area contributed by atoms with Gasteiger partial charge >= 0.3 is 0 Å². The SMILES string of the molecule is CCCN(CCC)[C@@H]1CCc2cccc(O)c2[C@@H]1C.Cl. The fraction of sp³-hybridized carbons (Fsp3) is 0.647. The molecule has 0 saturated heterocycles. The maximum atomic E-state index is 10.2. The van der Waals surface area contributed by atoms with E-state index in [1.807, 2.05) is 12.1 Å². The Morgan fingerprint density at radius 3 is 2.45 bits per heavy atom. The van der Waals surface area contributed by atoms with E-state index in [2.05, 4.69) is 31.7 Å². The van der Waals surface area contributed by atoms with Crippen molar-refractivity contribution in [1.82, 2.24) is 4.90 Å². The van der Waals surface area contributed by atoms with Gasteiger partial charge in [-0.2, -0.15) is 0 Å². The first kappa shape index (κ1) is 17.3. The van der Waals surface area contributed by atoms with Gasteiger partial charge in [-0.05, 0) is 50.4 Å². The average molecular weight is 298 g/mol. The topological polar surface area (TPSA) is 23.5 Å². The molecule has 0 bridgehead atoms. The quantitative estimate of drug-likeness (QED) is 0.873. The molecule has 0 aromatic heterocycles. The van der Waals surface area contributed by atoms with Gasteiger partial charge in [-0.1, -0.05) is 32.9 Å². The molecule has 1 aliphatic carbocycles. The first-order chi connectivity index (χ1) is 9.19. The minimum absolute atomic E-state index is 0. The van der Waals surface area contributed by atoms with Gasteiger partial charge in [0.05, 0.1) is 0 Å². The minimum atomic E-state index is 0. The van der Waals surface area contributed by atoms with Gasteiger partial charge < -0.3 is 5.11 Å². The standard InChI is InChI=1S/C17H27NO.ClH/c1-4-11-18(12-5-2)15-10-9-14-7-6-8-16(19)17(14)13(15)3;/h6-8,13,15,19H,4-5,9-12H2,1-3H3;1H/t13-,15-;/m1./s1. The number of phenolic OH excluding ortho intramolecular Hbond substituents is 1. The fourth-order valence-electron chi connectivity index (χ4n) is 3.61. The molecule has 0 heterocycles. The number of rotatable bonds is 5. The third-order valence-electron chi connectivity index (χ3n) is 4.41. The van der Waals surface area contributed by atoms with Gasteiger partial charge in [-0.3, -0.25) is 4.90 Å². The lowest BCUT2D eigenvalue weighted by Gasteiger charge is -2.39. The summed E-state index contributed by atoms with van der Waals surface area (Å²) in [5.41, 5.74) is 2.53. The van der Waals surface area contributed by atoms with Crippen molar-refractivity contribution in [2.75, 3.05) is 13.1 Å². The van der Waals surface area contributed by atoms with E-state index in [0.717, 1.165) is 6.42 Å². The van der Waals surface area contributed by atoms with Crippen molar-refractivity contribution >= 4 is 12.4 Å². The Hall–Kier alpha value is -0.730. The van der Waals surface area contributed by atoms with E-state index in [1.54, 1.807) is 0 Å². The molecule has 0 unspecified atom stereocenters. The Kier molecular flexibility index (Phi) is 6.84. The summed E-state index contributed by atoms with van der Waals surface area (Å²) in [5.74, 6) is 0.922. The second-order valence-electron chi connectivity index (χ2n) is 5.78. The van der Waals surface area contributed by atoms with Crippen LogP contribution < -0.4 is 0 Å². The molecular formula is C17H28ClNO. The highest BCUT2D eigenvalue weighted by Gasteiger charge is 2.31. The number of benzene rings is 1. The molecule has 1 aromatic carbocycles. The van der Waals surface area contributed by atoms with Crippen LogP contribution in [0.15, 0.2) is 18.2 Å². The van der Waals surface area contributed by atoms with E-state index in [4.69, 9.17) is 0 Å². The van der Waals surface area contributed by atoms with Crippen LogP contribution in [-0.4, -0.2) is 29.1 Å². The van der Waals surface area contributed by atoms with Crippen LogP contribution in [0, 0.1) is 0 Å². The maximum absolute atomic E-state index is 10.2. The van der Waals surface area contributed by atoms with Gasteiger partial charge in [0.2, 0.25) is 0 Å². The molecule has 1 aromatic rings. The van der Waals surface area contributed by atoms with Crippen LogP contribution in [0.1, 0.15) is 57.1 Å². The van der Waals surface area contributed by atoms with Crippen LogP contribution in [-0.2, 0) is 6.42 Å². The largest absolute Gasteiger partial charge is 0.508 e. The lowest BCUT2D eigenvalue weighted by atomic mass is 9.79. The highest BCUT2D eigenvalue weighted by atomic mass is 35.5. The zero-order valence-corrected chi connectivity index (χ0v) is 13.7. The van der Waals surface area contributed by atoms with Crippen LogP contribution in [0.25, 0.3) is 0 Å². The molecule has 0 saturated carbocycles. The van der Waals surface area contributed by atoms with Gasteiger partial charge in [0.15, 0.2) is 0 Å². The normalized spacial score (nSPS) is 21.4. The van der Waals surface area contributed by atoms with E-state index in [-0.39, 0.29) is 12.4 Å². The summed E-state index contributed by atoms with van der Waals surface area (Å²) in [6.45, 7) is 9.13. The predicted octanol–water partition coefficient (Wildman–Crippen LogP) is 4.35. The van der Waals surface area contributed by atoms with E-state index in [1.165, 1.54) is 43.5 Å². The zero-order chi connectivity index (χ0) is 13.8. The number of nitrogens with zero attached hydrogens (tertiary/aromatic N) is 1. The molecule has 114 valence electrons. The van der Waals surface area contributed by atoms with Gasteiger partial charge in [-0.15, -0.1) is 12.4 Å². The number of fused-ring (bicyclic) bond motifs is 1. The average Bonchev–Trinajstić information content (AvgIpc) is 2.39. The molecule has 20 heavy (non-hydrogen) atoms. The van der Waals surface area contributed by atoms with Crippen molar-refractivity contribution in [1.29, 1.82) is 0 Å². The van der Waals surface area contributed by atoms with Gasteiger partial charge in [0, 0.05) is 17.5 Å². The summed E-state index contributed by atoms with van der Waals surface area (Å²) in [6.07, 6.45) is 4.73. The van der Waals surface area contributed by atoms with Gasteiger partial charge in [-0.25, -0.2) is 0 Å². The summed E-state index contributed by atoms with van der Waals surface area (Å²) in [7, 11) is 0. The second-order valence-corrected chi connectivity index (χ2v) is 5.78. The summed E-state index contributed by atoms with van der Waals surface area (Å²) in [6, 6.07) is 6.56. The van der Waals surface area contributed by atoms with Crippen LogP contribution in [0.2, 0.25) is 0 Å². The number of phenols is 1. The Balaban J connectivity index is 0.00000200. The third kappa shape index (κ3) is 3.48. The van der Waals surface area contributed by atoms with Crippen molar-refractivity contribution in [2.45, 2.75) is 58.4 Å². The number of aryl methyl sites for hydroxylation is 1. The lowest BCUT2D eigenvalue weighted by Crippen LogP contribution is -2.42. The Morgan fingerprint density at radius 2 is 1.85 bits per heavy atom. The fourth-order valence-corrected chi connectivity index (χ4v) is 3.61. The number of halogens is 1. The lowest BCUT2D eigenvalue weighted by molar-refractivity contribution is 0.157. The summed E-state index contributed by atoms with van der Waals surface area (Å²) in [5, 5.41) is 10.2. The molecule has 1 N–H and O–H groups in total. The van der Waals surface area contributed by atoms with Crippen LogP contribution >= 0.6 is 12.4 Å². The molecule has 0 amide bonds. The maximum Gasteiger partial charge on any atom is 0.119 e. The van der Waals surface area contributed by atoms with E-state index < -0.39 is 0 Å². The van der Waals surface area contributed by atoms with Crippen LogP contribution in [0.5, 0.6) is 5.75 Å². The highest BCUT2D eigenvalue weighted by Crippen LogP contribution is 2.39. The summed E-state index contributed by atoms with van der Waals surface area (Å²) in [4.78, 5) is 2.63. The number of aromatic hydroxyl groups is 1. The Morgan fingerprint density at radius 1 is 1.20 bits per heavy atom. The first-order valence-electron chi connectivity index (χ1n) is 7.73. The van der Waals surface area contributed by atoms with Crippen molar-refractivity contribution in [3.8, 4) is 5.75 Å². The molecule has 0 spiro atoms. The van der Waals surface area contributed by atoms with Crippen LogP contribution in [0.3, 0.4) is 0 Å². The van der Waals surface area contributed by atoms with Gasteiger partial charge in [0.25, 0.3) is 0 Å². The molecule has 0 fully saturated rings. The third-order valence-corrected chi connectivity index (χ3v) is 4.41. The van der Waals surface area contributed by atoms with Crippen molar-refractivity contribution in [2.24, 2.45) is 0 Å². The van der Waals surface area contributed by atoms with Crippen LogP contribution in [0.4, 0.5) is 0 Å². The Bertz CT molecular complexity index is 415.